The van der Waals surface area contributed by atoms with E-state index in [2.05, 4.69) is 4.18 Å². The molecule has 9 nitrogen and oxygen atoms in total. The number of nitrogens with zero attached hydrogens (tertiary/aromatic N) is 1. The highest BCUT2D eigenvalue weighted by molar-refractivity contribution is 7.88. The maximum Gasteiger partial charge on any atom is 0.534 e. The fraction of sp³-hybridized carbons (Fsp3) is 0.591. The molecule has 0 N–H and O–H groups in total. The largest absolute Gasteiger partial charge is 0.534 e. The number of halogens is 4. The third-order valence-electron chi connectivity index (χ3n) is 5.52. The average molecular weight is 540 g/mol. The molecule has 14 heteroatoms. The molecule has 0 radical (unpaired) electrons. The Balaban J connectivity index is 1.71. The number of esters is 1. The van der Waals surface area contributed by atoms with E-state index in [0.29, 0.717) is 12.0 Å². The van der Waals surface area contributed by atoms with Crippen LogP contribution in [0.15, 0.2) is 12.1 Å². The summed E-state index contributed by atoms with van der Waals surface area (Å²) < 4.78 is 89.3. The van der Waals surface area contributed by atoms with Gasteiger partial charge in [-0.2, -0.15) is 21.6 Å². The summed E-state index contributed by atoms with van der Waals surface area (Å²) in [4.78, 5) is 38.5. The molecule has 1 heterocycles. The van der Waals surface area contributed by atoms with Crippen LogP contribution in [0.5, 0.6) is 5.75 Å². The van der Waals surface area contributed by atoms with Gasteiger partial charge in [-0.1, -0.05) is 0 Å². The summed E-state index contributed by atoms with van der Waals surface area (Å²) in [6.07, 6.45) is -1.84. The van der Waals surface area contributed by atoms with E-state index in [4.69, 9.17) is 9.47 Å². The molecule has 200 valence electrons. The average Bonchev–Trinajstić information content (AvgIpc) is 3.37. The van der Waals surface area contributed by atoms with Crippen molar-refractivity contribution in [2.45, 2.75) is 69.8 Å². The summed E-state index contributed by atoms with van der Waals surface area (Å²) in [6.45, 7) is 3.66. The molecule has 0 saturated carbocycles. The van der Waals surface area contributed by atoms with Gasteiger partial charge >= 0.3 is 27.7 Å². The molecule has 1 aliphatic carbocycles. The highest BCUT2D eigenvalue weighted by atomic mass is 32.2. The molecule has 1 aliphatic heterocycles. The first kappa shape index (κ1) is 27.7. The highest BCUT2D eigenvalue weighted by Crippen LogP contribution is 2.36. The van der Waals surface area contributed by atoms with Gasteiger partial charge in [-0.3, -0.25) is 9.69 Å². The number of carbonyl (C=O) groups excluding carboxylic acids is 3. The van der Waals surface area contributed by atoms with Crippen molar-refractivity contribution in [3.63, 3.8) is 0 Å². The summed E-state index contributed by atoms with van der Waals surface area (Å²) in [6, 6.07) is 0.746. The van der Waals surface area contributed by atoms with Gasteiger partial charge in [0.05, 0.1) is 6.54 Å². The minimum Gasteiger partial charge on any atom is -0.456 e. The number of ketones is 1. The van der Waals surface area contributed by atoms with E-state index in [-0.39, 0.29) is 36.9 Å². The van der Waals surface area contributed by atoms with Crippen LogP contribution in [0.25, 0.3) is 0 Å². The predicted octanol–water partition coefficient (Wildman–Crippen LogP) is 3.48. The molecule has 0 aromatic heterocycles. The predicted molar refractivity (Wildman–Crippen MR) is 116 cm³/mol. The van der Waals surface area contributed by atoms with E-state index in [1.165, 1.54) is 0 Å². The second-order valence-corrected chi connectivity index (χ2v) is 11.0. The van der Waals surface area contributed by atoms with Crippen molar-refractivity contribution in [2.24, 2.45) is 0 Å². The SMILES string of the molecule is CC(C)(C)OC(=O)N1C[C@H](F)C[C@H]1C(=O)OCC(=O)c1ccc(OS(=O)(=O)C(F)(F)F)c2c1CCC2. The van der Waals surface area contributed by atoms with Gasteiger partial charge in [-0.15, -0.1) is 0 Å². The number of rotatable bonds is 6. The molecule has 3 rings (SSSR count). The lowest BCUT2D eigenvalue weighted by Crippen LogP contribution is -2.44. The smallest absolute Gasteiger partial charge is 0.456 e. The molecular weight excluding hydrogens is 514 g/mol. The normalized spacial score (nSPS) is 20.1. The lowest BCUT2D eigenvalue weighted by Gasteiger charge is -2.27. The minimum atomic E-state index is -5.89. The molecule has 1 aromatic rings. The van der Waals surface area contributed by atoms with E-state index < -0.39 is 63.6 Å². The zero-order valence-corrected chi connectivity index (χ0v) is 20.5. The van der Waals surface area contributed by atoms with E-state index in [1.807, 2.05) is 0 Å². The number of likely N-dealkylation sites (tertiary alicyclic amines) is 1. The lowest BCUT2D eigenvalue weighted by atomic mass is 9.99. The third kappa shape index (κ3) is 6.08. The van der Waals surface area contributed by atoms with Crippen LogP contribution in [0.2, 0.25) is 0 Å². The monoisotopic (exact) mass is 539 g/mol. The first-order valence-corrected chi connectivity index (χ1v) is 12.4. The van der Waals surface area contributed by atoms with Crippen LogP contribution < -0.4 is 4.18 Å². The van der Waals surface area contributed by atoms with Crippen LogP contribution in [-0.2, 0) is 37.2 Å². The summed E-state index contributed by atoms with van der Waals surface area (Å²) in [5.41, 5.74) is -6.03. The van der Waals surface area contributed by atoms with Crippen molar-refractivity contribution in [2.75, 3.05) is 13.2 Å². The number of fused-ring (bicyclic) bond motifs is 1. The van der Waals surface area contributed by atoms with Gasteiger partial charge in [-0.25, -0.2) is 14.0 Å². The van der Waals surface area contributed by atoms with E-state index in [9.17, 15) is 40.4 Å². The van der Waals surface area contributed by atoms with Crippen molar-refractivity contribution in [1.82, 2.24) is 4.90 Å². The molecule has 0 unspecified atom stereocenters. The molecule has 2 aliphatic rings. The second kappa shape index (κ2) is 9.87. The number of benzene rings is 1. The van der Waals surface area contributed by atoms with Gasteiger partial charge < -0.3 is 13.7 Å². The first-order chi connectivity index (χ1) is 16.5. The Kier molecular flexibility index (Phi) is 7.59. The zero-order valence-electron chi connectivity index (χ0n) is 19.7. The Morgan fingerprint density at radius 2 is 1.72 bits per heavy atom. The standard InChI is InChI=1S/C22H25F4NO8S/c1-21(2,3)34-20(30)27-10-12(23)9-16(27)19(29)33-11-17(28)14-7-8-18(15-6-4-5-13(14)15)35-36(31,32)22(24,25)26/h7-8,12,16H,4-6,9-11H2,1-3H3/t12-,16+/m1/s1. The summed E-state index contributed by atoms with van der Waals surface area (Å²) in [5.74, 6) is -2.24. The molecule has 2 atom stereocenters. The van der Waals surface area contributed by atoms with E-state index in [0.717, 1.165) is 17.0 Å². The Morgan fingerprint density at radius 1 is 1.08 bits per heavy atom. The fourth-order valence-corrected chi connectivity index (χ4v) is 4.51. The Hall–Kier alpha value is -2.90. The molecule has 1 saturated heterocycles. The zero-order chi connectivity index (χ0) is 27.1. The number of Topliss-reactive ketones (excluding diaryl/α,β-unsaturated/α-hetero) is 1. The maximum absolute atomic E-state index is 14.0. The number of alkyl halides is 4. The van der Waals surface area contributed by atoms with Crippen LogP contribution >= 0.6 is 0 Å². The quantitative estimate of drug-likeness (QED) is 0.177. The van der Waals surface area contributed by atoms with Crippen LogP contribution in [-0.4, -0.2) is 67.6 Å². The summed E-state index contributed by atoms with van der Waals surface area (Å²) in [5, 5.41) is 0. The van der Waals surface area contributed by atoms with Crippen LogP contribution in [0.4, 0.5) is 22.4 Å². The summed E-state index contributed by atoms with van der Waals surface area (Å²) >= 11 is 0. The molecule has 1 aromatic carbocycles. The maximum atomic E-state index is 14.0. The molecule has 0 bridgehead atoms. The van der Waals surface area contributed by atoms with Gasteiger partial charge in [0.25, 0.3) is 0 Å². The molecule has 36 heavy (non-hydrogen) atoms. The topological polar surface area (TPSA) is 116 Å². The Labute approximate surface area is 204 Å². The van der Waals surface area contributed by atoms with Crippen molar-refractivity contribution in [1.29, 1.82) is 0 Å². The van der Waals surface area contributed by atoms with Gasteiger partial charge in [0.2, 0.25) is 5.78 Å². The van der Waals surface area contributed by atoms with Crippen molar-refractivity contribution in [3.05, 3.63) is 28.8 Å². The van der Waals surface area contributed by atoms with E-state index in [1.54, 1.807) is 20.8 Å². The van der Waals surface area contributed by atoms with Gasteiger partial charge in [0, 0.05) is 12.0 Å². The third-order valence-corrected chi connectivity index (χ3v) is 6.49. The number of ether oxygens (including phenoxy) is 2. The van der Waals surface area contributed by atoms with Gasteiger partial charge in [0.1, 0.15) is 23.6 Å². The molecule has 1 fully saturated rings. The highest BCUT2D eigenvalue weighted by Gasteiger charge is 2.49. The van der Waals surface area contributed by atoms with E-state index >= 15 is 0 Å². The van der Waals surface area contributed by atoms with Crippen molar-refractivity contribution >= 4 is 28.0 Å². The van der Waals surface area contributed by atoms with Crippen molar-refractivity contribution in [3.8, 4) is 5.75 Å². The van der Waals surface area contributed by atoms with Crippen LogP contribution in [0.3, 0.4) is 0 Å². The van der Waals surface area contributed by atoms with Crippen LogP contribution in [0.1, 0.15) is 55.1 Å². The first-order valence-electron chi connectivity index (χ1n) is 11.0. The summed E-state index contributed by atoms with van der Waals surface area (Å²) in [7, 11) is -5.89. The Morgan fingerprint density at radius 3 is 2.33 bits per heavy atom. The number of amides is 1. The number of hydrogen-bond donors (Lipinski definition) is 0. The number of hydrogen-bond acceptors (Lipinski definition) is 8. The number of carbonyl (C=O) groups is 3. The van der Waals surface area contributed by atoms with Gasteiger partial charge in [0.15, 0.2) is 6.61 Å². The van der Waals surface area contributed by atoms with Gasteiger partial charge in [-0.05, 0) is 63.3 Å². The molecule has 1 amide bonds. The molecule has 0 spiro atoms. The molecular formula is C22H25F4NO8S. The van der Waals surface area contributed by atoms with Crippen molar-refractivity contribution < 1.29 is 54.0 Å². The fourth-order valence-electron chi connectivity index (χ4n) is 4.02. The Bertz CT molecular complexity index is 1160. The minimum absolute atomic E-state index is 0.0332. The van der Waals surface area contributed by atoms with Crippen LogP contribution in [0, 0.1) is 0 Å². The second-order valence-electron chi connectivity index (χ2n) is 9.42. The lowest BCUT2D eigenvalue weighted by molar-refractivity contribution is -0.147.